The highest BCUT2D eigenvalue weighted by atomic mass is 32.2. The number of carbonyl (C=O) groups is 2. The van der Waals surface area contributed by atoms with Crippen molar-refractivity contribution in [1.29, 1.82) is 0 Å². The Hall–Kier alpha value is -2.04. The molecule has 0 saturated carbocycles. The fraction of sp³-hybridized carbons (Fsp3) is 0.611. The molecule has 4 atom stereocenters. The van der Waals surface area contributed by atoms with Crippen LogP contribution in [0, 0.1) is 11.8 Å². The highest BCUT2D eigenvalue weighted by Gasteiger charge is 2.41. The highest BCUT2D eigenvalue weighted by Crippen LogP contribution is 2.26. The van der Waals surface area contributed by atoms with Gasteiger partial charge in [0.25, 0.3) is 10.0 Å². The standard InChI is InChI=1S/C18H28N4O5S/c1-12-9-14(15(23)11-20-10-12)22(17(24)7-6-13(2)18(19)25)28(26,27)16-5-3-4-8-21-16/h3-5,8,12-15,20,23H,6-7,9-11H2,1-2H3,(H2,19,25)/t12-,13-,14-,15+/m1/s1. The van der Waals surface area contributed by atoms with Gasteiger partial charge in [-0.1, -0.05) is 19.9 Å². The number of aliphatic hydroxyl groups excluding tert-OH is 1. The quantitative estimate of drug-likeness (QED) is 0.565. The number of β-amino-alcohol motifs (C(OH)–C–C–N with tert-alkyl or cyclic N) is 1. The van der Waals surface area contributed by atoms with Crippen molar-refractivity contribution in [2.75, 3.05) is 13.1 Å². The number of nitrogens with zero attached hydrogens (tertiary/aromatic N) is 2. The van der Waals surface area contributed by atoms with Gasteiger partial charge in [-0.25, -0.2) is 9.29 Å². The van der Waals surface area contributed by atoms with Crippen LogP contribution in [0.3, 0.4) is 0 Å². The van der Waals surface area contributed by atoms with E-state index in [1.807, 2.05) is 6.92 Å². The van der Waals surface area contributed by atoms with Crippen LogP contribution in [0.15, 0.2) is 29.4 Å². The molecule has 1 aliphatic heterocycles. The van der Waals surface area contributed by atoms with Crippen molar-refractivity contribution >= 4 is 21.8 Å². The SMILES string of the molecule is C[C@H]1CNC[C@H](O)[C@H](N(C(=O)CC[C@@H](C)C(N)=O)S(=O)(=O)c2ccccn2)C1. The van der Waals surface area contributed by atoms with Crippen LogP contribution in [-0.2, 0) is 19.6 Å². The van der Waals surface area contributed by atoms with Crippen LogP contribution in [0.4, 0.5) is 0 Å². The number of aliphatic hydroxyl groups is 1. The smallest absolute Gasteiger partial charge is 0.284 e. The largest absolute Gasteiger partial charge is 0.390 e. The van der Waals surface area contributed by atoms with Gasteiger partial charge < -0.3 is 16.2 Å². The molecule has 9 nitrogen and oxygen atoms in total. The third kappa shape index (κ3) is 5.27. The van der Waals surface area contributed by atoms with Gasteiger partial charge in [-0.2, -0.15) is 8.42 Å². The van der Waals surface area contributed by atoms with E-state index in [0.717, 1.165) is 4.31 Å². The molecule has 1 aromatic heterocycles. The molecule has 156 valence electrons. The molecule has 1 saturated heterocycles. The minimum Gasteiger partial charge on any atom is -0.390 e. The number of nitrogens with two attached hydrogens (primary N) is 1. The zero-order chi connectivity index (χ0) is 20.9. The molecule has 0 unspecified atom stereocenters. The molecular weight excluding hydrogens is 384 g/mol. The maximum absolute atomic E-state index is 13.2. The number of aromatic nitrogens is 1. The van der Waals surface area contributed by atoms with Gasteiger partial charge in [0.1, 0.15) is 0 Å². The Bertz CT molecular complexity index is 786. The van der Waals surface area contributed by atoms with Gasteiger partial charge in [0.05, 0.1) is 12.1 Å². The van der Waals surface area contributed by atoms with E-state index in [1.165, 1.54) is 18.3 Å². The van der Waals surface area contributed by atoms with Crippen LogP contribution in [0.5, 0.6) is 0 Å². The molecule has 0 bridgehead atoms. The number of sulfonamides is 1. The van der Waals surface area contributed by atoms with Crippen molar-refractivity contribution in [1.82, 2.24) is 14.6 Å². The molecule has 0 aliphatic carbocycles. The maximum Gasteiger partial charge on any atom is 0.284 e. The number of nitrogens with one attached hydrogen (secondary N) is 1. The molecular formula is C18H28N4O5S. The first-order valence-electron chi connectivity index (χ1n) is 9.31. The average molecular weight is 413 g/mol. The second kappa shape index (κ2) is 9.44. The van der Waals surface area contributed by atoms with Crippen LogP contribution in [0.2, 0.25) is 0 Å². The van der Waals surface area contributed by atoms with E-state index < -0.39 is 39.9 Å². The predicted octanol–water partition coefficient (Wildman–Crippen LogP) is -0.141. The predicted molar refractivity (Wildman–Crippen MR) is 102 cm³/mol. The minimum absolute atomic E-state index is 0.0564. The molecule has 0 spiro atoms. The van der Waals surface area contributed by atoms with Crippen molar-refractivity contribution in [2.45, 2.75) is 50.3 Å². The summed E-state index contributed by atoms with van der Waals surface area (Å²) in [6.07, 6.45) is 0.539. The van der Waals surface area contributed by atoms with Crippen molar-refractivity contribution in [3.05, 3.63) is 24.4 Å². The molecule has 0 radical (unpaired) electrons. The third-order valence-corrected chi connectivity index (χ3v) is 6.68. The summed E-state index contributed by atoms with van der Waals surface area (Å²) in [6, 6.07) is 3.48. The van der Waals surface area contributed by atoms with Crippen molar-refractivity contribution in [3.63, 3.8) is 0 Å². The molecule has 2 rings (SSSR count). The summed E-state index contributed by atoms with van der Waals surface area (Å²) in [6.45, 7) is 4.29. The number of hydrogen-bond donors (Lipinski definition) is 3. The summed E-state index contributed by atoms with van der Waals surface area (Å²) in [5, 5.41) is 13.4. The fourth-order valence-corrected chi connectivity index (χ4v) is 4.80. The van der Waals surface area contributed by atoms with Gasteiger partial charge in [0.2, 0.25) is 11.8 Å². The van der Waals surface area contributed by atoms with Crippen LogP contribution in [-0.4, -0.2) is 59.9 Å². The number of rotatable bonds is 7. The van der Waals surface area contributed by atoms with E-state index in [1.54, 1.807) is 13.0 Å². The lowest BCUT2D eigenvalue weighted by Crippen LogP contribution is -2.52. The molecule has 10 heteroatoms. The normalized spacial score (nSPS) is 24.2. The Labute approximate surface area is 165 Å². The number of amides is 2. The van der Waals surface area contributed by atoms with E-state index in [4.69, 9.17) is 5.73 Å². The molecule has 2 heterocycles. The Balaban J connectivity index is 2.40. The minimum atomic E-state index is -4.27. The van der Waals surface area contributed by atoms with E-state index in [9.17, 15) is 23.1 Å². The highest BCUT2D eigenvalue weighted by molar-refractivity contribution is 7.89. The van der Waals surface area contributed by atoms with E-state index in [-0.39, 0.29) is 30.3 Å². The second-order valence-electron chi connectivity index (χ2n) is 7.34. The van der Waals surface area contributed by atoms with Crippen LogP contribution >= 0.6 is 0 Å². The fourth-order valence-electron chi connectivity index (χ4n) is 3.21. The molecule has 28 heavy (non-hydrogen) atoms. The zero-order valence-corrected chi connectivity index (χ0v) is 16.9. The lowest BCUT2D eigenvalue weighted by Gasteiger charge is -2.33. The molecule has 0 aromatic carbocycles. The summed E-state index contributed by atoms with van der Waals surface area (Å²) >= 11 is 0. The Morgan fingerprint density at radius 3 is 2.71 bits per heavy atom. The van der Waals surface area contributed by atoms with Crippen molar-refractivity contribution < 1.29 is 23.1 Å². The topological polar surface area (TPSA) is 143 Å². The summed E-state index contributed by atoms with van der Waals surface area (Å²) in [7, 11) is -4.27. The third-order valence-electron chi connectivity index (χ3n) is 4.92. The number of hydrogen-bond acceptors (Lipinski definition) is 7. The van der Waals surface area contributed by atoms with Gasteiger partial charge in [-0.3, -0.25) is 9.59 Å². The van der Waals surface area contributed by atoms with Crippen molar-refractivity contribution in [2.24, 2.45) is 17.6 Å². The van der Waals surface area contributed by atoms with Gasteiger partial charge in [0, 0.05) is 25.1 Å². The number of pyridine rings is 1. The van der Waals surface area contributed by atoms with Crippen LogP contribution in [0.1, 0.15) is 33.1 Å². The molecule has 1 aromatic rings. The molecule has 1 aliphatic rings. The van der Waals surface area contributed by atoms with Crippen LogP contribution in [0.25, 0.3) is 0 Å². The average Bonchev–Trinajstić information content (AvgIpc) is 2.81. The number of carbonyl (C=O) groups excluding carboxylic acids is 2. The van der Waals surface area contributed by atoms with E-state index in [2.05, 4.69) is 10.3 Å². The van der Waals surface area contributed by atoms with E-state index in [0.29, 0.717) is 13.0 Å². The monoisotopic (exact) mass is 412 g/mol. The number of primary amides is 1. The second-order valence-corrected chi connectivity index (χ2v) is 9.10. The van der Waals surface area contributed by atoms with Crippen molar-refractivity contribution in [3.8, 4) is 0 Å². The first-order valence-corrected chi connectivity index (χ1v) is 10.7. The first-order chi connectivity index (χ1) is 13.1. The summed E-state index contributed by atoms with van der Waals surface area (Å²) < 4.78 is 27.2. The molecule has 1 fully saturated rings. The van der Waals surface area contributed by atoms with Crippen LogP contribution < -0.4 is 11.1 Å². The lowest BCUT2D eigenvalue weighted by molar-refractivity contribution is -0.130. The molecule has 2 amide bonds. The summed E-state index contributed by atoms with van der Waals surface area (Å²) in [4.78, 5) is 28.1. The Kier molecular flexibility index (Phi) is 7.50. The summed E-state index contributed by atoms with van der Waals surface area (Å²) in [5.74, 6) is -1.75. The lowest BCUT2D eigenvalue weighted by atomic mass is 9.99. The Morgan fingerprint density at radius 1 is 1.39 bits per heavy atom. The van der Waals surface area contributed by atoms with E-state index >= 15 is 0 Å². The maximum atomic E-state index is 13.2. The van der Waals surface area contributed by atoms with Gasteiger partial charge in [-0.05, 0) is 37.4 Å². The van der Waals surface area contributed by atoms with Gasteiger partial charge in [-0.15, -0.1) is 0 Å². The van der Waals surface area contributed by atoms with Gasteiger partial charge in [0.15, 0.2) is 5.03 Å². The Morgan fingerprint density at radius 2 is 2.11 bits per heavy atom. The molecule has 4 N–H and O–H groups in total. The summed E-state index contributed by atoms with van der Waals surface area (Å²) in [5.41, 5.74) is 5.24. The van der Waals surface area contributed by atoms with Gasteiger partial charge >= 0.3 is 0 Å². The zero-order valence-electron chi connectivity index (χ0n) is 16.1. The first kappa shape index (κ1) is 22.3.